The summed E-state index contributed by atoms with van der Waals surface area (Å²) in [7, 11) is 0. The van der Waals surface area contributed by atoms with Crippen molar-refractivity contribution < 1.29 is 14.6 Å². The fourth-order valence-electron chi connectivity index (χ4n) is 3.33. The molecule has 1 amide bonds. The van der Waals surface area contributed by atoms with Gasteiger partial charge in [0.2, 0.25) is 0 Å². The van der Waals surface area contributed by atoms with Crippen molar-refractivity contribution in [2.75, 3.05) is 4.90 Å². The average molecular weight is 383 g/mol. The van der Waals surface area contributed by atoms with Gasteiger partial charge in [0.1, 0.15) is 12.4 Å². The molecule has 4 nitrogen and oxygen atoms in total. The number of carbonyl (C=O) groups excluding carboxylic acids is 1. The third-order valence-corrected chi connectivity index (χ3v) is 4.76. The number of aromatic hydroxyl groups is 1. The van der Waals surface area contributed by atoms with E-state index in [0.717, 1.165) is 21.9 Å². The summed E-state index contributed by atoms with van der Waals surface area (Å²) in [4.78, 5) is 14.6. The second-order valence-electron chi connectivity index (χ2n) is 6.77. The van der Waals surface area contributed by atoms with E-state index in [9.17, 15) is 9.90 Å². The molecular weight excluding hydrogens is 362 g/mol. The Labute approximate surface area is 169 Å². The minimum Gasteiger partial charge on any atom is -0.506 e. The van der Waals surface area contributed by atoms with E-state index in [2.05, 4.69) is 0 Å². The number of ether oxygens (including phenoxy) is 1. The fraction of sp³-hybridized carbons (Fsp3) is 0.0800. The Balaban J connectivity index is 1.71. The Bertz CT molecular complexity index is 1110. The van der Waals surface area contributed by atoms with E-state index in [0.29, 0.717) is 5.69 Å². The number of carbonyl (C=O) groups is 1. The molecule has 4 heteroatoms. The first-order valence-corrected chi connectivity index (χ1v) is 9.45. The maximum atomic E-state index is 13.1. The highest BCUT2D eigenvalue weighted by molar-refractivity contribution is 6.04. The van der Waals surface area contributed by atoms with Gasteiger partial charge in [-0.1, -0.05) is 91.0 Å². The quantitative estimate of drug-likeness (QED) is 0.467. The predicted molar refractivity (Wildman–Crippen MR) is 115 cm³/mol. The minimum atomic E-state index is -0.510. The van der Waals surface area contributed by atoms with E-state index < -0.39 is 6.09 Å². The monoisotopic (exact) mass is 383 g/mol. The Hall–Kier alpha value is -3.79. The number of fused-ring (bicyclic) bond motifs is 1. The molecule has 0 spiro atoms. The number of rotatable bonds is 5. The molecule has 144 valence electrons. The number of hydrogen-bond donors (Lipinski definition) is 1. The van der Waals surface area contributed by atoms with Crippen molar-refractivity contribution in [3.8, 4) is 5.75 Å². The normalized spacial score (nSPS) is 10.6. The average Bonchev–Trinajstić information content (AvgIpc) is 2.78. The lowest BCUT2D eigenvalue weighted by molar-refractivity contribution is 0.146. The van der Waals surface area contributed by atoms with Gasteiger partial charge in [-0.05, 0) is 22.6 Å². The third-order valence-electron chi connectivity index (χ3n) is 4.76. The van der Waals surface area contributed by atoms with Gasteiger partial charge in [-0.3, -0.25) is 4.90 Å². The van der Waals surface area contributed by atoms with E-state index in [1.54, 1.807) is 6.07 Å². The summed E-state index contributed by atoms with van der Waals surface area (Å²) in [5.74, 6) is 0.0382. The van der Waals surface area contributed by atoms with Crippen LogP contribution in [-0.2, 0) is 17.9 Å². The van der Waals surface area contributed by atoms with Crippen LogP contribution in [-0.4, -0.2) is 11.2 Å². The summed E-state index contributed by atoms with van der Waals surface area (Å²) < 4.78 is 5.60. The lowest BCUT2D eigenvalue weighted by Crippen LogP contribution is -2.31. The lowest BCUT2D eigenvalue weighted by Gasteiger charge is -2.25. The summed E-state index contributed by atoms with van der Waals surface area (Å²) in [6, 6.07) is 30.3. The van der Waals surface area contributed by atoms with Crippen LogP contribution in [0.25, 0.3) is 10.8 Å². The Morgan fingerprint density at radius 1 is 0.759 bits per heavy atom. The number of nitrogens with zero attached hydrogens (tertiary/aromatic N) is 1. The van der Waals surface area contributed by atoms with E-state index in [-0.39, 0.29) is 18.9 Å². The maximum absolute atomic E-state index is 13.1. The van der Waals surface area contributed by atoms with Crippen molar-refractivity contribution in [2.24, 2.45) is 0 Å². The van der Waals surface area contributed by atoms with E-state index in [4.69, 9.17) is 4.74 Å². The van der Waals surface area contributed by atoms with Crippen LogP contribution < -0.4 is 4.90 Å². The molecule has 0 heterocycles. The highest BCUT2D eigenvalue weighted by atomic mass is 16.6. The predicted octanol–water partition coefficient (Wildman–Crippen LogP) is 5.89. The van der Waals surface area contributed by atoms with E-state index in [1.807, 2.05) is 91.0 Å². The van der Waals surface area contributed by atoms with Crippen LogP contribution in [0.4, 0.5) is 10.5 Å². The second-order valence-corrected chi connectivity index (χ2v) is 6.77. The fourth-order valence-corrected chi connectivity index (χ4v) is 3.33. The van der Waals surface area contributed by atoms with Crippen LogP contribution in [0.2, 0.25) is 0 Å². The van der Waals surface area contributed by atoms with Crippen LogP contribution in [0, 0.1) is 0 Å². The van der Waals surface area contributed by atoms with Crippen molar-refractivity contribution in [3.63, 3.8) is 0 Å². The van der Waals surface area contributed by atoms with Crippen LogP contribution in [0.1, 0.15) is 11.1 Å². The van der Waals surface area contributed by atoms with Gasteiger partial charge in [-0.25, -0.2) is 4.79 Å². The van der Waals surface area contributed by atoms with Gasteiger partial charge >= 0.3 is 6.09 Å². The molecule has 0 saturated heterocycles. The summed E-state index contributed by atoms with van der Waals surface area (Å²) in [6.45, 7) is 0.451. The van der Waals surface area contributed by atoms with Gasteiger partial charge in [0.15, 0.2) is 0 Å². The molecule has 0 atom stereocenters. The van der Waals surface area contributed by atoms with Crippen molar-refractivity contribution in [3.05, 3.63) is 108 Å². The smallest absolute Gasteiger partial charge is 0.415 e. The molecule has 0 aliphatic rings. The van der Waals surface area contributed by atoms with Crippen LogP contribution in [0.3, 0.4) is 0 Å². The van der Waals surface area contributed by atoms with Crippen LogP contribution in [0.5, 0.6) is 5.75 Å². The number of phenolic OH excluding ortho intramolecular Hbond substituents is 1. The Kier molecular flexibility index (Phi) is 5.43. The van der Waals surface area contributed by atoms with Crippen LogP contribution in [0.15, 0.2) is 97.1 Å². The zero-order chi connectivity index (χ0) is 20.1. The van der Waals surface area contributed by atoms with Gasteiger partial charge < -0.3 is 9.84 Å². The Morgan fingerprint density at radius 2 is 1.38 bits per heavy atom. The van der Waals surface area contributed by atoms with Crippen LogP contribution >= 0.6 is 0 Å². The van der Waals surface area contributed by atoms with Gasteiger partial charge in [-0.15, -0.1) is 0 Å². The zero-order valence-electron chi connectivity index (χ0n) is 15.9. The molecule has 0 saturated carbocycles. The molecule has 29 heavy (non-hydrogen) atoms. The number of anilines is 1. The van der Waals surface area contributed by atoms with Crippen molar-refractivity contribution in [2.45, 2.75) is 13.2 Å². The van der Waals surface area contributed by atoms with Gasteiger partial charge in [0.05, 0.1) is 12.2 Å². The first-order valence-electron chi connectivity index (χ1n) is 9.45. The SMILES string of the molecule is O=C(OCc1ccccc1)N(Cc1ccccc1)c1c(O)ccc2ccccc12. The summed E-state index contributed by atoms with van der Waals surface area (Å²) in [5, 5.41) is 12.4. The molecular formula is C25H21NO3. The zero-order valence-corrected chi connectivity index (χ0v) is 15.9. The molecule has 0 aliphatic heterocycles. The summed E-state index contributed by atoms with van der Waals surface area (Å²) in [6.07, 6.45) is -0.510. The van der Waals surface area contributed by atoms with Gasteiger partial charge in [0, 0.05) is 5.39 Å². The van der Waals surface area contributed by atoms with Crippen molar-refractivity contribution in [1.82, 2.24) is 0 Å². The van der Waals surface area contributed by atoms with Gasteiger partial charge in [0.25, 0.3) is 0 Å². The topological polar surface area (TPSA) is 49.8 Å². The Morgan fingerprint density at radius 3 is 2.10 bits per heavy atom. The molecule has 0 radical (unpaired) electrons. The number of phenols is 1. The minimum absolute atomic E-state index is 0.0382. The van der Waals surface area contributed by atoms with Crippen molar-refractivity contribution in [1.29, 1.82) is 0 Å². The highest BCUT2D eigenvalue weighted by Gasteiger charge is 2.23. The largest absolute Gasteiger partial charge is 0.506 e. The maximum Gasteiger partial charge on any atom is 0.415 e. The molecule has 4 aromatic carbocycles. The number of hydrogen-bond acceptors (Lipinski definition) is 3. The molecule has 0 fully saturated rings. The lowest BCUT2D eigenvalue weighted by atomic mass is 10.1. The molecule has 4 rings (SSSR count). The first kappa shape index (κ1) is 18.6. The molecule has 1 N–H and O–H groups in total. The molecule has 4 aromatic rings. The molecule has 0 bridgehead atoms. The number of benzene rings is 4. The summed E-state index contributed by atoms with van der Waals surface area (Å²) >= 11 is 0. The van der Waals surface area contributed by atoms with Crippen molar-refractivity contribution >= 4 is 22.6 Å². The molecule has 0 unspecified atom stereocenters. The molecule has 0 aromatic heterocycles. The van der Waals surface area contributed by atoms with E-state index in [1.165, 1.54) is 4.90 Å². The molecule has 0 aliphatic carbocycles. The summed E-state index contributed by atoms with van der Waals surface area (Å²) in [5.41, 5.74) is 2.30. The van der Waals surface area contributed by atoms with E-state index >= 15 is 0 Å². The van der Waals surface area contributed by atoms with Gasteiger partial charge in [-0.2, -0.15) is 0 Å². The standard InChI is InChI=1S/C25H21NO3/c27-23-16-15-21-13-7-8-14-22(21)24(23)26(17-19-9-3-1-4-10-19)25(28)29-18-20-11-5-2-6-12-20/h1-16,27H,17-18H2. The number of amides is 1. The first-order chi connectivity index (χ1) is 14.2. The highest BCUT2D eigenvalue weighted by Crippen LogP contribution is 2.37. The third kappa shape index (κ3) is 4.22. The second kappa shape index (κ2) is 8.48.